The molecule has 2 aromatic rings. The zero-order valence-electron chi connectivity index (χ0n) is 13.6. The molecule has 134 valence electrons. The summed E-state index contributed by atoms with van der Waals surface area (Å²) in [6.07, 6.45) is -0.101. The number of aliphatic carboxylic acids is 1. The molecule has 0 unspecified atom stereocenters. The number of carboxylic acid groups (broad SMARTS) is 1. The Morgan fingerprint density at radius 3 is 2.32 bits per heavy atom. The van der Waals surface area contributed by atoms with Crippen molar-refractivity contribution in [3.05, 3.63) is 63.6 Å². The number of carbonyl (C=O) groups is 1. The van der Waals surface area contributed by atoms with Crippen molar-refractivity contribution in [1.29, 1.82) is 0 Å². The highest BCUT2D eigenvalue weighted by atomic mass is 35.5. The van der Waals surface area contributed by atoms with E-state index in [2.05, 4.69) is 0 Å². The summed E-state index contributed by atoms with van der Waals surface area (Å²) in [4.78, 5) is 11.7. The van der Waals surface area contributed by atoms with Crippen LogP contribution < -0.4 is 0 Å². The van der Waals surface area contributed by atoms with E-state index in [4.69, 9.17) is 23.2 Å². The Balaban J connectivity index is 2.37. The summed E-state index contributed by atoms with van der Waals surface area (Å²) in [5, 5.41) is 10.0. The quantitative estimate of drug-likeness (QED) is 0.801. The second-order valence-corrected chi connectivity index (χ2v) is 8.39. The average Bonchev–Trinajstić information content (AvgIpc) is 2.55. The molecule has 0 bridgehead atoms. The van der Waals surface area contributed by atoms with E-state index in [1.165, 1.54) is 19.2 Å². The van der Waals surface area contributed by atoms with Gasteiger partial charge in [0, 0.05) is 13.5 Å². The zero-order valence-corrected chi connectivity index (χ0v) is 15.9. The van der Waals surface area contributed by atoms with Crippen molar-refractivity contribution in [3.8, 4) is 0 Å². The van der Waals surface area contributed by atoms with Gasteiger partial charge in [0.05, 0.1) is 14.9 Å². The minimum atomic E-state index is -3.97. The topological polar surface area (TPSA) is 74.7 Å². The fourth-order valence-electron chi connectivity index (χ4n) is 2.33. The normalized spacial score (nSPS) is 13.0. The van der Waals surface area contributed by atoms with Crippen LogP contribution >= 0.6 is 23.2 Å². The summed E-state index contributed by atoms with van der Waals surface area (Å²) in [6.45, 7) is 1.83. The molecule has 0 aliphatic rings. The highest BCUT2D eigenvalue weighted by molar-refractivity contribution is 7.89. The maximum atomic E-state index is 12.7. The molecule has 0 fully saturated rings. The largest absolute Gasteiger partial charge is 0.480 e. The van der Waals surface area contributed by atoms with Crippen LogP contribution in [0.25, 0.3) is 0 Å². The molecule has 2 rings (SSSR count). The summed E-state index contributed by atoms with van der Waals surface area (Å²) in [6, 6.07) is 9.74. The van der Waals surface area contributed by atoms with Crippen LogP contribution in [0, 0.1) is 6.92 Å². The van der Waals surface area contributed by atoms with Gasteiger partial charge in [-0.1, -0.05) is 53.0 Å². The van der Waals surface area contributed by atoms with Crippen molar-refractivity contribution in [2.45, 2.75) is 24.3 Å². The van der Waals surface area contributed by atoms with E-state index in [-0.39, 0.29) is 21.4 Å². The van der Waals surface area contributed by atoms with Gasteiger partial charge < -0.3 is 5.11 Å². The summed E-state index contributed by atoms with van der Waals surface area (Å²) < 4.78 is 26.3. The van der Waals surface area contributed by atoms with Gasteiger partial charge in [-0.05, 0) is 30.7 Å². The molecule has 1 atom stereocenters. The molecule has 8 heteroatoms. The van der Waals surface area contributed by atoms with E-state index in [1.54, 1.807) is 30.3 Å². The van der Waals surface area contributed by atoms with Crippen LogP contribution in [0.1, 0.15) is 11.1 Å². The predicted octanol–water partition coefficient (Wildman–Crippen LogP) is 3.62. The van der Waals surface area contributed by atoms with E-state index in [9.17, 15) is 18.3 Å². The molecule has 0 aromatic heterocycles. The monoisotopic (exact) mass is 401 g/mol. The van der Waals surface area contributed by atoms with Crippen LogP contribution in [-0.2, 0) is 21.2 Å². The Labute approximate surface area is 156 Å². The van der Waals surface area contributed by atoms with Crippen molar-refractivity contribution in [2.24, 2.45) is 0 Å². The number of carboxylic acids is 1. The van der Waals surface area contributed by atoms with Crippen molar-refractivity contribution < 1.29 is 18.3 Å². The minimum Gasteiger partial charge on any atom is -0.480 e. The van der Waals surface area contributed by atoms with Gasteiger partial charge in [0.25, 0.3) is 0 Å². The van der Waals surface area contributed by atoms with E-state index in [0.29, 0.717) is 5.56 Å². The molecule has 0 heterocycles. The molecule has 1 N–H and O–H groups in total. The first-order valence-electron chi connectivity index (χ1n) is 7.35. The number of rotatable bonds is 6. The first-order valence-corrected chi connectivity index (χ1v) is 9.54. The zero-order chi connectivity index (χ0) is 18.8. The Morgan fingerprint density at radius 1 is 1.16 bits per heavy atom. The van der Waals surface area contributed by atoms with Crippen molar-refractivity contribution in [1.82, 2.24) is 4.31 Å². The molecular formula is C17H17Cl2NO4S. The third-order valence-electron chi connectivity index (χ3n) is 3.87. The molecular weight excluding hydrogens is 385 g/mol. The van der Waals surface area contributed by atoms with Gasteiger partial charge in [-0.25, -0.2) is 8.42 Å². The van der Waals surface area contributed by atoms with Crippen LogP contribution in [0.3, 0.4) is 0 Å². The fraction of sp³-hybridized carbons (Fsp3) is 0.235. The van der Waals surface area contributed by atoms with Crippen LogP contribution in [0.2, 0.25) is 10.0 Å². The molecule has 0 saturated carbocycles. The molecule has 0 amide bonds. The SMILES string of the molecule is Cc1ccc(S(=O)(=O)N(C)[C@@H](Cc2cccc(Cl)c2Cl)C(=O)O)cc1. The van der Waals surface area contributed by atoms with E-state index >= 15 is 0 Å². The van der Waals surface area contributed by atoms with Crippen molar-refractivity contribution in [2.75, 3.05) is 7.05 Å². The first-order chi connectivity index (χ1) is 11.6. The Morgan fingerprint density at radius 2 is 1.76 bits per heavy atom. The number of aryl methyl sites for hydroxylation is 1. The molecule has 0 spiro atoms. The van der Waals surface area contributed by atoms with Crippen LogP contribution in [0.15, 0.2) is 47.4 Å². The second kappa shape index (κ2) is 7.74. The van der Waals surface area contributed by atoms with Crippen LogP contribution in [-0.4, -0.2) is 36.9 Å². The van der Waals surface area contributed by atoms with Crippen LogP contribution in [0.4, 0.5) is 0 Å². The molecule has 0 saturated heterocycles. The third-order valence-corrected chi connectivity index (χ3v) is 6.61. The van der Waals surface area contributed by atoms with Gasteiger partial charge >= 0.3 is 5.97 Å². The standard InChI is InChI=1S/C17H17Cl2NO4S/c1-11-6-8-13(9-7-11)25(23,24)20(2)15(17(21)22)10-12-4-3-5-14(18)16(12)19/h3-9,15H,10H2,1-2H3,(H,21,22)/t15-/m0/s1. The second-order valence-electron chi connectivity index (χ2n) is 5.61. The predicted molar refractivity (Wildman–Crippen MR) is 97.7 cm³/mol. The number of benzene rings is 2. The van der Waals surface area contributed by atoms with E-state index in [0.717, 1.165) is 9.87 Å². The number of likely N-dealkylation sites (N-methyl/N-ethyl adjacent to an activating group) is 1. The maximum Gasteiger partial charge on any atom is 0.322 e. The number of nitrogens with zero attached hydrogens (tertiary/aromatic N) is 1. The summed E-state index contributed by atoms with van der Waals surface area (Å²) in [7, 11) is -2.72. The Hall–Kier alpha value is -1.60. The summed E-state index contributed by atoms with van der Waals surface area (Å²) in [5.74, 6) is -1.27. The average molecular weight is 402 g/mol. The van der Waals surface area contributed by atoms with Gasteiger partial charge in [0.15, 0.2) is 0 Å². The Bertz CT molecular complexity index is 882. The molecule has 0 radical (unpaired) electrons. The lowest BCUT2D eigenvalue weighted by atomic mass is 10.1. The van der Waals surface area contributed by atoms with E-state index in [1.807, 2.05) is 6.92 Å². The smallest absolute Gasteiger partial charge is 0.322 e. The first kappa shape index (κ1) is 19.7. The molecule has 2 aromatic carbocycles. The lowest BCUT2D eigenvalue weighted by Crippen LogP contribution is -2.43. The highest BCUT2D eigenvalue weighted by Crippen LogP contribution is 2.28. The van der Waals surface area contributed by atoms with Gasteiger partial charge in [-0.2, -0.15) is 4.31 Å². The van der Waals surface area contributed by atoms with Gasteiger partial charge in [-0.3, -0.25) is 4.79 Å². The fourth-order valence-corrected chi connectivity index (χ4v) is 4.04. The van der Waals surface area contributed by atoms with E-state index < -0.39 is 22.0 Å². The van der Waals surface area contributed by atoms with Gasteiger partial charge in [0.1, 0.15) is 6.04 Å². The highest BCUT2D eigenvalue weighted by Gasteiger charge is 2.33. The lowest BCUT2D eigenvalue weighted by Gasteiger charge is -2.25. The summed E-state index contributed by atoms with van der Waals surface area (Å²) >= 11 is 12.0. The number of sulfonamides is 1. The van der Waals surface area contributed by atoms with Gasteiger partial charge in [-0.15, -0.1) is 0 Å². The van der Waals surface area contributed by atoms with Gasteiger partial charge in [0.2, 0.25) is 10.0 Å². The third kappa shape index (κ3) is 4.33. The Kier molecular flexibility index (Phi) is 6.11. The minimum absolute atomic E-state index is 0.0315. The number of halogens is 2. The number of hydrogen-bond donors (Lipinski definition) is 1. The molecule has 0 aliphatic heterocycles. The van der Waals surface area contributed by atoms with Crippen molar-refractivity contribution >= 4 is 39.2 Å². The summed E-state index contributed by atoms with van der Waals surface area (Å²) in [5.41, 5.74) is 1.37. The van der Waals surface area contributed by atoms with Crippen LogP contribution in [0.5, 0.6) is 0 Å². The lowest BCUT2D eigenvalue weighted by molar-refractivity contribution is -0.141. The molecule has 0 aliphatic carbocycles. The molecule has 5 nitrogen and oxygen atoms in total. The van der Waals surface area contributed by atoms with Crippen molar-refractivity contribution in [3.63, 3.8) is 0 Å². The molecule has 25 heavy (non-hydrogen) atoms. The maximum absolute atomic E-state index is 12.7. The number of hydrogen-bond acceptors (Lipinski definition) is 3.